The topological polar surface area (TPSA) is 34.2 Å². The first-order chi connectivity index (χ1) is 17.4. The molecule has 0 saturated heterocycles. The highest BCUT2D eigenvalue weighted by atomic mass is 15.2. The molecule has 0 fully saturated rings. The molecule has 4 rings (SSSR count). The molecule has 2 N–H and O–H groups in total. The maximum atomic E-state index is 5.37. The summed E-state index contributed by atoms with van der Waals surface area (Å²) < 4.78 is 2.30. The summed E-state index contributed by atoms with van der Waals surface area (Å²) in [5.41, 5.74) is 14.3. The average molecular weight is 488 g/mol. The van der Waals surface area contributed by atoms with Crippen LogP contribution >= 0.6 is 0 Å². The van der Waals surface area contributed by atoms with Gasteiger partial charge in [0.1, 0.15) is 0 Å². The molecule has 1 aromatic heterocycles. The molecule has 0 radical (unpaired) electrons. The van der Waals surface area contributed by atoms with Crippen molar-refractivity contribution in [2.24, 2.45) is 12.8 Å². The number of fused-ring (bicyclic) bond motifs is 2. The normalized spacial score (nSPS) is 11.2. The summed E-state index contributed by atoms with van der Waals surface area (Å²) in [5, 5.41) is 1.38. The molecule has 3 heteroatoms. The minimum Gasteiger partial charge on any atom is -0.402 e. The van der Waals surface area contributed by atoms with Crippen LogP contribution in [0.3, 0.4) is 0 Å². The van der Waals surface area contributed by atoms with Gasteiger partial charge in [-0.05, 0) is 74.7 Å². The van der Waals surface area contributed by atoms with Gasteiger partial charge in [0.05, 0.1) is 12.1 Å². The van der Waals surface area contributed by atoms with E-state index in [9.17, 15) is 0 Å². The van der Waals surface area contributed by atoms with Crippen molar-refractivity contribution in [3.63, 3.8) is 0 Å². The molecule has 0 bridgehead atoms. The maximum Gasteiger partial charge on any atom is 0.0506 e. The van der Waals surface area contributed by atoms with Crippen LogP contribution in [0.4, 0.5) is 11.4 Å². The van der Waals surface area contributed by atoms with Gasteiger partial charge in [0.2, 0.25) is 0 Å². The summed E-state index contributed by atoms with van der Waals surface area (Å²) in [5.74, 6) is 0. The number of allylic oxidation sites excluding steroid dienone is 5. The number of aryl methyl sites for hydroxylation is 2. The molecule has 0 atom stereocenters. The Morgan fingerprint density at radius 2 is 1.61 bits per heavy atom. The van der Waals surface area contributed by atoms with E-state index in [0.717, 1.165) is 18.7 Å². The van der Waals surface area contributed by atoms with E-state index >= 15 is 0 Å². The molecule has 0 unspecified atom stereocenters. The number of aromatic nitrogens is 1. The van der Waals surface area contributed by atoms with Crippen LogP contribution in [0, 0.1) is 6.92 Å². The van der Waals surface area contributed by atoms with Crippen LogP contribution < -0.4 is 10.6 Å². The second kappa shape index (κ2) is 17.9. The van der Waals surface area contributed by atoms with Crippen LogP contribution in [0.25, 0.3) is 17.0 Å². The van der Waals surface area contributed by atoms with Gasteiger partial charge >= 0.3 is 0 Å². The third-order valence-corrected chi connectivity index (χ3v) is 5.46. The Balaban J connectivity index is 0.000000739. The van der Waals surface area contributed by atoms with Crippen molar-refractivity contribution in [1.29, 1.82) is 0 Å². The fourth-order valence-electron chi connectivity index (χ4n) is 3.76. The van der Waals surface area contributed by atoms with E-state index in [1.807, 2.05) is 41.5 Å². The molecular formula is C33H49N3. The number of benzene rings is 2. The summed E-state index contributed by atoms with van der Waals surface area (Å²) in [4.78, 5) is 2.38. The highest BCUT2D eigenvalue weighted by molar-refractivity contribution is 5.94. The number of rotatable bonds is 4. The first kappa shape index (κ1) is 32.5. The van der Waals surface area contributed by atoms with E-state index in [0.29, 0.717) is 0 Å². The van der Waals surface area contributed by atoms with Crippen molar-refractivity contribution < 1.29 is 0 Å². The second-order valence-electron chi connectivity index (χ2n) is 7.73. The first-order valence-corrected chi connectivity index (χ1v) is 13.1. The van der Waals surface area contributed by atoms with Gasteiger partial charge in [0, 0.05) is 35.2 Å². The molecule has 3 nitrogen and oxygen atoms in total. The molecule has 0 amide bonds. The van der Waals surface area contributed by atoms with E-state index in [1.165, 1.54) is 39.1 Å². The third-order valence-electron chi connectivity index (χ3n) is 5.46. The monoisotopic (exact) mass is 487 g/mol. The van der Waals surface area contributed by atoms with E-state index in [4.69, 9.17) is 5.73 Å². The highest BCUT2D eigenvalue weighted by Crippen LogP contribution is 2.42. The molecule has 0 saturated carbocycles. The van der Waals surface area contributed by atoms with Gasteiger partial charge in [-0.15, -0.1) is 6.58 Å². The van der Waals surface area contributed by atoms with Gasteiger partial charge in [0.25, 0.3) is 0 Å². The van der Waals surface area contributed by atoms with Crippen molar-refractivity contribution in [3.05, 3.63) is 102 Å². The number of hydrogen-bond acceptors (Lipinski definition) is 2. The summed E-state index contributed by atoms with van der Waals surface area (Å²) in [6.45, 7) is 24.0. The average Bonchev–Trinajstić information content (AvgIpc) is 3.13. The Labute approximate surface area is 221 Å². The number of nitrogens with zero attached hydrogens (tertiary/aromatic N) is 2. The lowest BCUT2D eigenvalue weighted by atomic mass is 9.98. The Hall–Kier alpha value is -3.46. The Morgan fingerprint density at radius 1 is 1.03 bits per heavy atom. The van der Waals surface area contributed by atoms with Crippen LogP contribution in [0.5, 0.6) is 0 Å². The van der Waals surface area contributed by atoms with Crippen molar-refractivity contribution >= 4 is 28.4 Å². The Bertz CT molecular complexity index is 1120. The largest absolute Gasteiger partial charge is 0.402 e. The predicted molar refractivity (Wildman–Crippen MR) is 166 cm³/mol. The molecule has 0 aliphatic carbocycles. The number of nitrogens with two attached hydrogens (primary N) is 1. The molecule has 1 aliphatic heterocycles. The van der Waals surface area contributed by atoms with Crippen LogP contribution in [0.2, 0.25) is 0 Å². The molecule has 36 heavy (non-hydrogen) atoms. The van der Waals surface area contributed by atoms with E-state index in [2.05, 4.69) is 98.1 Å². The number of para-hydroxylation sites is 1. The smallest absolute Gasteiger partial charge is 0.0506 e. The fourth-order valence-corrected chi connectivity index (χ4v) is 3.76. The van der Waals surface area contributed by atoms with Crippen LogP contribution in [-0.2, 0) is 13.6 Å². The molecular weight excluding hydrogens is 438 g/mol. The summed E-state index contributed by atoms with van der Waals surface area (Å²) >= 11 is 0. The molecule has 2 aromatic carbocycles. The van der Waals surface area contributed by atoms with Crippen molar-refractivity contribution in [2.75, 3.05) is 4.90 Å². The minimum absolute atomic E-state index is 0.884. The fraction of sp³-hybridized carbons (Fsp3) is 0.333. The second-order valence-corrected chi connectivity index (χ2v) is 7.73. The standard InChI is InChI=1S/C20H20N2.C6H11N.C3H6.2C2H6/c1-4-8-18-14(2)17-11-15-13-22(16-9-6-5-7-10-16)19(15)12-20(17)21(18)3;1-3-5-6(7)4-2;1-3-2;2*1-2/h4-12H,13H2,1-3H3;3,5H,1,4,7H2,2H3;3H,1H2,2H3;2*1-2H3/b8-4-;6-5+;;;. The van der Waals surface area contributed by atoms with Crippen LogP contribution in [0.1, 0.15) is 71.7 Å². The lowest BCUT2D eigenvalue weighted by Gasteiger charge is -2.36. The molecule has 1 aliphatic rings. The van der Waals surface area contributed by atoms with E-state index < -0.39 is 0 Å². The number of hydrogen-bond donors (Lipinski definition) is 1. The summed E-state index contributed by atoms with van der Waals surface area (Å²) in [6, 6.07) is 15.3. The Kier molecular flexibility index (Phi) is 16.2. The zero-order valence-corrected chi connectivity index (χ0v) is 24.2. The highest BCUT2D eigenvalue weighted by Gasteiger charge is 2.26. The summed E-state index contributed by atoms with van der Waals surface area (Å²) in [6.07, 6.45) is 10.5. The minimum atomic E-state index is 0.884. The van der Waals surface area contributed by atoms with Gasteiger partial charge in [-0.2, -0.15) is 0 Å². The lowest BCUT2D eigenvalue weighted by molar-refractivity contribution is 0.884. The predicted octanol–water partition coefficient (Wildman–Crippen LogP) is 9.84. The van der Waals surface area contributed by atoms with Gasteiger partial charge in [-0.3, -0.25) is 0 Å². The Morgan fingerprint density at radius 3 is 2.08 bits per heavy atom. The number of anilines is 2. The van der Waals surface area contributed by atoms with Gasteiger partial charge in [-0.1, -0.05) is 77.6 Å². The van der Waals surface area contributed by atoms with Crippen LogP contribution in [-0.4, -0.2) is 4.57 Å². The van der Waals surface area contributed by atoms with Crippen molar-refractivity contribution in [1.82, 2.24) is 4.57 Å². The molecule has 2 heterocycles. The molecule has 196 valence electrons. The van der Waals surface area contributed by atoms with Gasteiger partial charge in [-0.25, -0.2) is 0 Å². The first-order valence-electron chi connectivity index (χ1n) is 13.1. The molecule has 3 aromatic rings. The zero-order chi connectivity index (χ0) is 27.7. The SMILES string of the molecule is C/C=C\c1c(C)c2cc3c(cc2n1C)N(c1ccccc1)C3.C=C/C=C(/N)CC.C=CC.CC.CC. The third kappa shape index (κ3) is 8.34. The van der Waals surface area contributed by atoms with Gasteiger partial charge < -0.3 is 15.2 Å². The van der Waals surface area contributed by atoms with E-state index in [-0.39, 0.29) is 0 Å². The summed E-state index contributed by atoms with van der Waals surface area (Å²) in [7, 11) is 2.16. The zero-order valence-electron chi connectivity index (χ0n) is 24.2. The maximum absolute atomic E-state index is 5.37. The quantitative estimate of drug-likeness (QED) is 0.293. The van der Waals surface area contributed by atoms with Crippen LogP contribution in [0.15, 0.2) is 85.6 Å². The lowest BCUT2D eigenvalue weighted by Crippen LogP contribution is -2.27. The van der Waals surface area contributed by atoms with Crippen molar-refractivity contribution in [3.8, 4) is 0 Å². The van der Waals surface area contributed by atoms with Crippen molar-refractivity contribution in [2.45, 2.75) is 68.4 Å². The molecule has 0 spiro atoms. The van der Waals surface area contributed by atoms with Gasteiger partial charge in [0.15, 0.2) is 0 Å². The van der Waals surface area contributed by atoms with E-state index in [1.54, 1.807) is 18.2 Å².